The second-order valence-corrected chi connectivity index (χ2v) is 9.61. The zero-order chi connectivity index (χ0) is 26.4. The number of thioether (sulfide) groups is 1. The van der Waals surface area contributed by atoms with Crippen LogP contribution in [0.15, 0.2) is 71.6 Å². The van der Waals surface area contributed by atoms with Crippen molar-refractivity contribution in [2.24, 2.45) is 0 Å². The van der Waals surface area contributed by atoms with E-state index >= 15 is 0 Å². The van der Waals surface area contributed by atoms with Crippen molar-refractivity contribution in [2.75, 3.05) is 27.9 Å². The van der Waals surface area contributed by atoms with Gasteiger partial charge in [-0.05, 0) is 60.0 Å². The van der Waals surface area contributed by atoms with Crippen LogP contribution in [0.3, 0.4) is 0 Å². The summed E-state index contributed by atoms with van der Waals surface area (Å²) in [5, 5.41) is 0. The Hall–Kier alpha value is -3.82. The normalized spacial score (nSPS) is 14.1. The first-order valence-electron chi connectivity index (χ1n) is 11.3. The molecule has 1 aliphatic heterocycles. The summed E-state index contributed by atoms with van der Waals surface area (Å²) in [7, 11) is 4.67. The molecule has 37 heavy (non-hydrogen) atoms. The molecule has 0 unspecified atom stereocenters. The summed E-state index contributed by atoms with van der Waals surface area (Å²) < 4.78 is 22.1. The number of rotatable bonds is 9. The summed E-state index contributed by atoms with van der Waals surface area (Å²) in [6.07, 6.45) is 2.36. The molecule has 0 saturated carbocycles. The molecule has 0 bridgehead atoms. The van der Waals surface area contributed by atoms with Crippen LogP contribution in [0.1, 0.15) is 21.5 Å². The molecule has 0 atom stereocenters. The highest BCUT2D eigenvalue weighted by Crippen LogP contribution is 2.35. The van der Waals surface area contributed by atoms with Gasteiger partial charge in [-0.1, -0.05) is 54.3 Å². The maximum absolute atomic E-state index is 13.1. The van der Waals surface area contributed by atoms with E-state index in [1.54, 1.807) is 67.7 Å². The van der Waals surface area contributed by atoms with E-state index in [1.807, 2.05) is 24.3 Å². The average molecular weight is 536 g/mol. The van der Waals surface area contributed by atoms with Gasteiger partial charge >= 0.3 is 5.97 Å². The van der Waals surface area contributed by atoms with Crippen LogP contribution in [0.2, 0.25) is 0 Å². The highest BCUT2D eigenvalue weighted by molar-refractivity contribution is 8.26. The van der Waals surface area contributed by atoms with Gasteiger partial charge in [-0.2, -0.15) is 0 Å². The van der Waals surface area contributed by atoms with Gasteiger partial charge in [0.2, 0.25) is 0 Å². The number of thiocarbonyl (C=S) groups is 1. The lowest BCUT2D eigenvalue weighted by Gasteiger charge is -2.15. The monoisotopic (exact) mass is 535 g/mol. The molecule has 0 spiro atoms. The summed E-state index contributed by atoms with van der Waals surface area (Å²) in [6, 6.07) is 19.5. The number of carbonyl (C=O) groups is 2. The minimum atomic E-state index is -0.484. The van der Waals surface area contributed by atoms with Gasteiger partial charge < -0.3 is 18.9 Å². The molecule has 4 rings (SSSR count). The minimum absolute atomic E-state index is 0.158. The molecule has 3 aromatic carbocycles. The average Bonchev–Trinajstić information content (AvgIpc) is 3.19. The van der Waals surface area contributed by atoms with E-state index < -0.39 is 5.97 Å². The molecule has 0 aliphatic carbocycles. The molecule has 9 heteroatoms. The summed E-state index contributed by atoms with van der Waals surface area (Å²) in [4.78, 5) is 27.6. The Balaban J connectivity index is 1.45. The highest BCUT2D eigenvalue weighted by Gasteiger charge is 2.31. The van der Waals surface area contributed by atoms with E-state index in [0.29, 0.717) is 45.0 Å². The fraction of sp³-hybridized carbons (Fsp3) is 0.179. The van der Waals surface area contributed by atoms with Gasteiger partial charge in [0.25, 0.3) is 5.91 Å². The van der Waals surface area contributed by atoms with Gasteiger partial charge in [0.1, 0.15) is 4.32 Å². The molecule has 0 aromatic heterocycles. The molecule has 1 aliphatic rings. The van der Waals surface area contributed by atoms with Crippen molar-refractivity contribution in [3.05, 3.63) is 88.3 Å². The van der Waals surface area contributed by atoms with E-state index in [9.17, 15) is 9.59 Å². The second-order valence-electron chi connectivity index (χ2n) is 7.94. The molecule has 1 saturated heterocycles. The third-order valence-corrected chi connectivity index (χ3v) is 7.02. The van der Waals surface area contributed by atoms with Crippen molar-refractivity contribution in [2.45, 2.75) is 6.42 Å². The molecule has 1 fully saturated rings. The zero-order valence-electron chi connectivity index (χ0n) is 20.6. The third-order valence-electron chi connectivity index (χ3n) is 5.64. The number of methoxy groups -OCH3 is 3. The Labute approximate surface area is 225 Å². The van der Waals surface area contributed by atoms with E-state index in [1.165, 1.54) is 18.9 Å². The van der Waals surface area contributed by atoms with Crippen LogP contribution in [0.5, 0.6) is 23.0 Å². The number of benzene rings is 3. The number of hydrogen-bond donors (Lipinski definition) is 0. The molecule has 1 heterocycles. The third kappa shape index (κ3) is 6.12. The van der Waals surface area contributed by atoms with Crippen LogP contribution in [0, 0.1) is 0 Å². The summed E-state index contributed by atoms with van der Waals surface area (Å²) in [6.45, 7) is 0.440. The van der Waals surface area contributed by atoms with Crippen LogP contribution in [0.25, 0.3) is 6.08 Å². The maximum atomic E-state index is 13.1. The largest absolute Gasteiger partial charge is 0.493 e. The molecule has 1 amide bonds. The van der Waals surface area contributed by atoms with Gasteiger partial charge in [-0.3, -0.25) is 9.69 Å². The SMILES string of the molecule is COc1ccc(CCN2C(=O)/C(=C/c3ccc(OC(=O)c4ccccc4)c(OC)c3)SC2=S)cc1OC. The quantitative estimate of drug-likeness (QED) is 0.157. The Morgan fingerprint density at radius 2 is 1.57 bits per heavy atom. The van der Waals surface area contributed by atoms with Gasteiger partial charge in [-0.25, -0.2) is 4.79 Å². The second kappa shape index (κ2) is 11.9. The van der Waals surface area contributed by atoms with Gasteiger partial charge in [-0.15, -0.1) is 0 Å². The zero-order valence-corrected chi connectivity index (χ0v) is 22.2. The predicted octanol–water partition coefficient (Wildman–Crippen LogP) is 5.38. The Kier molecular flexibility index (Phi) is 8.47. The highest BCUT2D eigenvalue weighted by atomic mass is 32.2. The summed E-state index contributed by atoms with van der Waals surface area (Å²) in [5.41, 5.74) is 2.16. The van der Waals surface area contributed by atoms with Gasteiger partial charge in [0.15, 0.2) is 23.0 Å². The molecule has 0 radical (unpaired) electrons. The lowest BCUT2D eigenvalue weighted by Crippen LogP contribution is -2.30. The van der Waals surface area contributed by atoms with Crippen molar-refractivity contribution in [1.29, 1.82) is 0 Å². The topological polar surface area (TPSA) is 74.3 Å². The Morgan fingerprint density at radius 1 is 0.892 bits per heavy atom. The summed E-state index contributed by atoms with van der Waals surface area (Å²) >= 11 is 6.73. The number of hydrogen-bond acceptors (Lipinski definition) is 8. The van der Waals surface area contributed by atoms with Gasteiger partial charge in [0.05, 0.1) is 31.8 Å². The first-order chi connectivity index (χ1) is 17.9. The fourth-order valence-electron chi connectivity index (χ4n) is 3.71. The number of carbonyl (C=O) groups excluding carboxylic acids is 2. The van der Waals surface area contributed by atoms with E-state index in [-0.39, 0.29) is 11.7 Å². The standard InChI is InChI=1S/C28H25NO6S2/c1-32-21-11-9-18(15-23(21)33-2)13-14-29-26(30)25(37-28(29)36)17-19-10-12-22(24(16-19)34-3)35-27(31)20-7-5-4-6-8-20/h4-12,15-17H,13-14H2,1-3H3/b25-17-. The van der Waals surface area contributed by atoms with Crippen LogP contribution in [-0.2, 0) is 11.2 Å². The van der Waals surface area contributed by atoms with Crippen molar-refractivity contribution in [3.8, 4) is 23.0 Å². The molecular weight excluding hydrogens is 510 g/mol. The van der Waals surface area contributed by atoms with Crippen LogP contribution in [-0.4, -0.2) is 49.0 Å². The Bertz CT molecular complexity index is 1360. The smallest absolute Gasteiger partial charge is 0.343 e. The first kappa shape index (κ1) is 26.2. The van der Waals surface area contributed by atoms with Crippen LogP contribution < -0.4 is 18.9 Å². The summed E-state index contributed by atoms with van der Waals surface area (Å²) in [5.74, 6) is 1.31. The molecular formula is C28H25NO6S2. The fourth-order valence-corrected chi connectivity index (χ4v) is 5.02. The number of amides is 1. The van der Waals surface area contributed by atoms with Crippen LogP contribution in [0.4, 0.5) is 0 Å². The van der Waals surface area contributed by atoms with Crippen molar-refractivity contribution >= 4 is 46.3 Å². The van der Waals surface area contributed by atoms with E-state index in [4.69, 9.17) is 31.2 Å². The number of esters is 1. The molecule has 3 aromatic rings. The lowest BCUT2D eigenvalue weighted by molar-refractivity contribution is -0.122. The Morgan fingerprint density at radius 3 is 2.27 bits per heavy atom. The van der Waals surface area contributed by atoms with Crippen molar-refractivity contribution < 1.29 is 28.5 Å². The molecule has 190 valence electrons. The van der Waals surface area contributed by atoms with Crippen molar-refractivity contribution in [3.63, 3.8) is 0 Å². The maximum Gasteiger partial charge on any atom is 0.343 e. The van der Waals surface area contributed by atoms with Crippen LogP contribution >= 0.6 is 24.0 Å². The molecule has 7 nitrogen and oxygen atoms in total. The van der Waals surface area contributed by atoms with E-state index in [0.717, 1.165) is 11.1 Å². The number of ether oxygens (including phenoxy) is 4. The van der Waals surface area contributed by atoms with E-state index in [2.05, 4.69) is 0 Å². The predicted molar refractivity (Wildman–Crippen MR) is 148 cm³/mol. The van der Waals surface area contributed by atoms with Crippen molar-refractivity contribution in [1.82, 2.24) is 4.90 Å². The lowest BCUT2D eigenvalue weighted by atomic mass is 10.1. The first-order valence-corrected chi connectivity index (χ1v) is 12.6. The molecule has 0 N–H and O–H groups in total. The van der Waals surface area contributed by atoms with Gasteiger partial charge in [0, 0.05) is 6.54 Å². The number of nitrogens with zero attached hydrogens (tertiary/aromatic N) is 1. The minimum Gasteiger partial charge on any atom is -0.493 e.